The van der Waals surface area contributed by atoms with E-state index in [-0.39, 0.29) is 0 Å². The van der Waals surface area contributed by atoms with E-state index in [0.29, 0.717) is 17.5 Å². The van der Waals surface area contributed by atoms with Crippen LogP contribution in [0, 0.1) is 0 Å². The van der Waals surface area contributed by atoms with Crippen molar-refractivity contribution in [3.05, 3.63) is 249 Å². The van der Waals surface area contributed by atoms with Crippen LogP contribution in [0.15, 0.2) is 249 Å². The first kappa shape index (κ1) is 39.2. The molecule has 0 saturated heterocycles. The summed E-state index contributed by atoms with van der Waals surface area (Å²) >= 11 is 0. The molecule has 0 fully saturated rings. The molecule has 3 aromatic heterocycles. The average molecular weight is 868 g/mol. The molecule has 0 N–H and O–H groups in total. The van der Waals surface area contributed by atoms with Gasteiger partial charge in [0.05, 0.1) is 27.8 Å². The lowest BCUT2D eigenvalue weighted by atomic mass is 9.99. The molecule has 0 saturated carbocycles. The Bertz CT molecular complexity index is 4010. The minimum Gasteiger partial charge on any atom is -0.309 e. The van der Waals surface area contributed by atoms with Crippen LogP contribution in [0.2, 0.25) is 0 Å². The van der Waals surface area contributed by atoms with Gasteiger partial charge in [0.15, 0.2) is 17.5 Å². The van der Waals surface area contributed by atoms with E-state index in [1.165, 1.54) is 32.8 Å². The minimum absolute atomic E-state index is 0.593. The predicted octanol–water partition coefficient (Wildman–Crippen LogP) is 16.1. The maximum absolute atomic E-state index is 5.35. The first-order valence-electron chi connectivity index (χ1n) is 23.0. The third-order valence-electron chi connectivity index (χ3n) is 13.2. The van der Waals surface area contributed by atoms with Crippen LogP contribution in [-0.2, 0) is 0 Å². The third kappa shape index (κ3) is 6.68. The molecule has 0 aliphatic heterocycles. The maximum atomic E-state index is 5.35. The predicted molar refractivity (Wildman–Crippen MR) is 281 cm³/mol. The van der Waals surface area contributed by atoms with Gasteiger partial charge >= 0.3 is 0 Å². The van der Waals surface area contributed by atoms with Crippen LogP contribution in [0.4, 0.5) is 0 Å². The van der Waals surface area contributed by atoms with Crippen molar-refractivity contribution < 1.29 is 0 Å². The van der Waals surface area contributed by atoms with Crippen molar-refractivity contribution in [2.75, 3.05) is 0 Å². The molecule has 0 unspecified atom stereocenters. The minimum atomic E-state index is 0.593. The van der Waals surface area contributed by atoms with Crippen LogP contribution in [0.3, 0.4) is 0 Å². The van der Waals surface area contributed by atoms with Crippen molar-refractivity contribution in [2.45, 2.75) is 0 Å². The summed E-state index contributed by atoms with van der Waals surface area (Å²) in [5, 5.41) is 4.77. The fourth-order valence-electron chi connectivity index (χ4n) is 10.0. The Balaban J connectivity index is 1.07. The topological polar surface area (TPSA) is 48.5 Å². The molecule has 13 aromatic rings. The smallest absolute Gasteiger partial charge is 0.166 e. The van der Waals surface area contributed by atoms with E-state index >= 15 is 0 Å². The van der Waals surface area contributed by atoms with E-state index in [2.05, 4.69) is 234 Å². The highest BCUT2D eigenvalue weighted by Gasteiger charge is 2.23. The second-order valence-corrected chi connectivity index (χ2v) is 17.2. The summed E-state index contributed by atoms with van der Waals surface area (Å²) in [5.74, 6) is 1.82. The molecule has 318 valence electrons. The monoisotopic (exact) mass is 867 g/mol. The second-order valence-electron chi connectivity index (χ2n) is 17.2. The van der Waals surface area contributed by atoms with Gasteiger partial charge in [0, 0.05) is 43.9 Å². The maximum Gasteiger partial charge on any atom is 0.166 e. The quantitative estimate of drug-likeness (QED) is 0.153. The van der Waals surface area contributed by atoms with Crippen LogP contribution in [0.25, 0.3) is 123 Å². The Morgan fingerprint density at radius 1 is 0.250 bits per heavy atom. The summed E-state index contributed by atoms with van der Waals surface area (Å²) in [7, 11) is 0. The van der Waals surface area contributed by atoms with E-state index in [4.69, 9.17) is 15.0 Å². The Kier molecular flexibility index (Phi) is 9.43. The molecule has 5 nitrogen and oxygen atoms in total. The molecule has 3 heterocycles. The Morgan fingerprint density at radius 3 is 1.50 bits per heavy atom. The van der Waals surface area contributed by atoms with Gasteiger partial charge < -0.3 is 9.13 Å². The van der Waals surface area contributed by atoms with Gasteiger partial charge in [0.2, 0.25) is 0 Å². The number of hydrogen-bond donors (Lipinski definition) is 0. The highest BCUT2D eigenvalue weighted by Crippen LogP contribution is 2.43. The van der Waals surface area contributed by atoms with Gasteiger partial charge in [-0.05, 0) is 81.9 Å². The fourth-order valence-corrected chi connectivity index (χ4v) is 10.0. The van der Waals surface area contributed by atoms with Crippen LogP contribution in [0.1, 0.15) is 0 Å². The lowest BCUT2D eigenvalue weighted by Gasteiger charge is -2.15. The Hall–Kier alpha value is -9.19. The van der Waals surface area contributed by atoms with E-state index in [9.17, 15) is 0 Å². The number of hydrogen-bond acceptors (Lipinski definition) is 3. The standard InChI is InChI=1S/C63H41N5/c1-5-19-42(20-6-1)46-27-17-28-48(39-46)62-64-61(45-25-11-4-12-26-45)65-63(66-62)54-30-14-16-33-56(54)68-57-34-18-31-50(44-23-9-3-10-24-44)60(57)53-38-36-49(41-59(53)68)67-55-32-15-13-29-51(55)52-37-35-47(40-58(52)67)43-21-7-2-8-22-43/h1-41H. The molecular formula is C63H41N5. The second kappa shape index (κ2) is 16.4. The Morgan fingerprint density at radius 2 is 0.750 bits per heavy atom. The van der Waals surface area contributed by atoms with Crippen molar-refractivity contribution in [2.24, 2.45) is 0 Å². The molecule has 0 atom stereocenters. The molecule has 10 aromatic carbocycles. The van der Waals surface area contributed by atoms with Crippen molar-refractivity contribution in [3.63, 3.8) is 0 Å². The zero-order valence-electron chi connectivity index (χ0n) is 36.9. The molecule has 0 aliphatic carbocycles. The van der Waals surface area contributed by atoms with E-state index in [0.717, 1.165) is 72.2 Å². The van der Waals surface area contributed by atoms with Crippen LogP contribution >= 0.6 is 0 Å². The number of aromatic nitrogens is 5. The van der Waals surface area contributed by atoms with Gasteiger partial charge in [-0.2, -0.15) is 0 Å². The van der Waals surface area contributed by atoms with Crippen molar-refractivity contribution in [3.8, 4) is 78.9 Å². The summed E-state index contributed by atoms with van der Waals surface area (Å²) in [6.07, 6.45) is 0. The fraction of sp³-hybridized carbons (Fsp3) is 0. The van der Waals surface area contributed by atoms with Crippen LogP contribution in [-0.4, -0.2) is 24.1 Å². The van der Waals surface area contributed by atoms with E-state index < -0.39 is 0 Å². The van der Waals surface area contributed by atoms with Gasteiger partial charge in [-0.3, -0.25) is 0 Å². The summed E-state index contributed by atoms with van der Waals surface area (Å²) < 4.78 is 4.84. The van der Waals surface area contributed by atoms with Crippen LogP contribution < -0.4 is 0 Å². The number of nitrogens with zero attached hydrogens (tertiary/aromatic N) is 5. The van der Waals surface area contributed by atoms with Crippen molar-refractivity contribution >= 4 is 43.6 Å². The largest absolute Gasteiger partial charge is 0.309 e. The lowest BCUT2D eigenvalue weighted by molar-refractivity contribution is 1.06. The van der Waals surface area contributed by atoms with Crippen LogP contribution in [0.5, 0.6) is 0 Å². The van der Waals surface area contributed by atoms with Gasteiger partial charge in [-0.15, -0.1) is 0 Å². The zero-order chi connectivity index (χ0) is 45.0. The number of fused-ring (bicyclic) bond motifs is 6. The first-order chi connectivity index (χ1) is 33.7. The van der Waals surface area contributed by atoms with Crippen molar-refractivity contribution in [1.82, 2.24) is 24.1 Å². The molecule has 68 heavy (non-hydrogen) atoms. The number of para-hydroxylation sites is 2. The molecule has 0 spiro atoms. The molecule has 5 heteroatoms. The number of benzene rings is 10. The van der Waals surface area contributed by atoms with E-state index in [1.807, 2.05) is 24.3 Å². The molecule has 0 radical (unpaired) electrons. The Labute approximate surface area is 393 Å². The van der Waals surface area contributed by atoms with Crippen molar-refractivity contribution in [1.29, 1.82) is 0 Å². The molecule has 0 bridgehead atoms. The number of rotatable bonds is 8. The third-order valence-corrected chi connectivity index (χ3v) is 13.2. The SMILES string of the molecule is c1ccc(-c2cccc(-c3nc(-c4ccccc4)nc(-c4ccccc4-n4c5cc(-n6c7ccccc7c7ccc(-c8ccccc8)cc76)ccc5c5c(-c6ccccc6)cccc54)n3)c2)cc1. The highest BCUT2D eigenvalue weighted by atomic mass is 15.1. The zero-order valence-corrected chi connectivity index (χ0v) is 36.9. The van der Waals surface area contributed by atoms with Gasteiger partial charge in [-0.1, -0.05) is 200 Å². The van der Waals surface area contributed by atoms with Gasteiger partial charge in [0.25, 0.3) is 0 Å². The molecule has 13 rings (SSSR count). The summed E-state index contributed by atoms with van der Waals surface area (Å²) in [5.41, 5.74) is 16.2. The van der Waals surface area contributed by atoms with E-state index in [1.54, 1.807) is 0 Å². The first-order valence-corrected chi connectivity index (χ1v) is 23.0. The average Bonchev–Trinajstić information content (AvgIpc) is 3.94. The lowest BCUT2D eigenvalue weighted by Crippen LogP contribution is -2.04. The summed E-state index contributed by atoms with van der Waals surface area (Å²) in [6, 6.07) is 88.2. The normalized spacial score (nSPS) is 11.5. The summed E-state index contributed by atoms with van der Waals surface area (Å²) in [6.45, 7) is 0. The molecular weight excluding hydrogens is 827 g/mol. The summed E-state index contributed by atoms with van der Waals surface area (Å²) in [4.78, 5) is 15.8. The van der Waals surface area contributed by atoms with Gasteiger partial charge in [-0.25, -0.2) is 15.0 Å². The molecule has 0 amide bonds. The molecule has 0 aliphatic rings. The van der Waals surface area contributed by atoms with Gasteiger partial charge in [0.1, 0.15) is 0 Å². The highest BCUT2D eigenvalue weighted by molar-refractivity contribution is 6.17.